The van der Waals surface area contributed by atoms with Crippen molar-refractivity contribution in [3.63, 3.8) is 0 Å². The first-order valence-corrected chi connectivity index (χ1v) is 5.60. The molecule has 1 aliphatic carbocycles. The van der Waals surface area contributed by atoms with Gasteiger partial charge >= 0.3 is 0 Å². The Morgan fingerprint density at radius 2 is 2.33 bits per heavy atom. The maximum absolute atomic E-state index is 5.48. The number of hydrogen-bond acceptors (Lipinski definition) is 3. The van der Waals surface area contributed by atoms with E-state index in [-0.39, 0.29) is 0 Å². The van der Waals surface area contributed by atoms with Gasteiger partial charge in [-0.1, -0.05) is 0 Å². The van der Waals surface area contributed by atoms with Crippen LogP contribution < -0.4 is 11.3 Å². The van der Waals surface area contributed by atoms with E-state index >= 15 is 0 Å². The van der Waals surface area contributed by atoms with Gasteiger partial charge in [-0.25, -0.2) is 5.84 Å². The SMILES string of the molecule is CCN(C(=NCCCOC)NN)C1CC1. The molecular formula is C10H22N4O. The highest BCUT2D eigenvalue weighted by atomic mass is 16.5. The average molecular weight is 214 g/mol. The van der Waals surface area contributed by atoms with E-state index < -0.39 is 0 Å². The molecule has 5 nitrogen and oxygen atoms in total. The highest BCUT2D eigenvalue weighted by molar-refractivity contribution is 5.80. The molecule has 0 atom stereocenters. The first-order chi connectivity index (χ1) is 7.33. The van der Waals surface area contributed by atoms with E-state index in [4.69, 9.17) is 10.6 Å². The van der Waals surface area contributed by atoms with Gasteiger partial charge in [0.2, 0.25) is 5.96 Å². The summed E-state index contributed by atoms with van der Waals surface area (Å²) >= 11 is 0. The molecule has 0 radical (unpaired) electrons. The van der Waals surface area contributed by atoms with Crippen molar-refractivity contribution in [1.82, 2.24) is 10.3 Å². The highest BCUT2D eigenvalue weighted by Crippen LogP contribution is 2.26. The van der Waals surface area contributed by atoms with Gasteiger partial charge in [0.1, 0.15) is 0 Å². The molecule has 0 saturated heterocycles. The first kappa shape index (κ1) is 12.3. The quantitative estimate of drug-likeness (QED) is 0.220. The lowest BCUT2D eigenvalue weighted by Gasteiger charge is -2.23. The molecule has 1 saturated carbocycles. The maximum atomic E-state index is 5.48. The lowest BCUT2D eigenvalue weighted by atomic mass is 10.4. The zero-order valence-corrected chi connectivity index (χ0v) is 9.70. The van der Waals surface area contributed by atoms with E-state index in [1.54, 1.807) is 7.11 Å². The molecule has 0 aromatic carbocycles. The van der Waals surface area contributed by atoms with Gasteiger partial charge < -0.3 is 9.64 Å². The summed E-state index contributed by atoms with van der Waals surface area (Å²) in [5.74, 6) is 6.29. The zero-order valence-electron chi connectivity index (χ0n) is 9.70. The third kappa shape index (κ3) is 4.05. The second-order valence-corrected chi connectivity index (χ2v) is 3.71. The van der Waals surface area contributed by atoms with Gasteiger partial charge in [-0.2, -0.15) is 0 Å². The summed E-state index contributed by atoms with van der Waals surface area (Å²) in [5.41, 5.74) is 2.69. The van der Waals surface area contributed by atoms with E-state index in [1.165, 1.54) is 12.8 Å². The van der Waals surface area contributed by atoms with Crippen LogP contribution in [0.2, 0.25) is 0 Å². The number of guanidine groups is 1. The number of nitrogens with two attached hydrogens (primary N) is 1. The Hall–Kier alpha value is -0.810. The number of nitrogens with one attached hydrogen (secondary N) is 1. The summed E-state index contributed by atoms with van der Waals surface area (Å²) < 4.78 is 4.97. The largest absolute Gasteiger partial charge is 0.385 e. The molecule has 3 N–H and O–H groups in total. The van der Waals surface area contributed by atoms with E-state index in [0.717, 1.165) is 32.1 Å². The fourth-order valence-electron chi connectivity index (χ4n) is 1.58. The van der Waals surface area contributed by atoms with Crippen molar-refractivity contribution in [2.45, 2.75) is 32.2 Å². The molecule has 0 bridgehead atoms. The standard InChI is InChI=1S/C10H22N4O/c1-3-14(9-5-6-9)10(13-11)12-7-4-8-15-2/h9H,3-8,11H2,1-2H3,(H,12,13). The number of rotatable bonds is 6. The third-order valence-corrected chi connectivity index (χ3v) is 2.50. The van der Waals surface area contributed by atoms with Crippen molar-refractivity contribution in [2.24, 2.45) is 10.8 Å². The van der Waals surface area contributed by atoms with Crippen LogP contribution in [-0.2, 0) is 4.74 Å². The van der Waals surface area contributed by atoms with Gasteiger partial charge in [0.25, 0.3) is 0 Å². The van der Waals surface area contributed by atoms with Crippen molar-refractivity contribution in [1.29, 1.82) is 0 Å². The van der Waals surface area contributed by atoms with Crippen molar-refractivity contribution in [2.75, 3.05) is 26.8 Å². The second-order valence-electron chi connectivity index (χ2n) is 3.71. The van der Waals surface area contributed by atoms with Crippen LogP contribution in [0.4, 0.5) is 0 Å². The Labute approximate surface area is 91.6 Å². The molecule has 0 aromatic rings. The summed E-state index contributed by atoms with van der Waals surface area (Å²) in [6.45, 7) is 4.59. The molecular weight excluding hydrogens is 192 g/mol. The number of nitrogens with zero attached hydrogens (tertiary/aromatic N) is 2. The maximum Gasteiger partial charge on any atom is 0.208 e. The van der Waals surface area contributed by atoms with Crippen LogP contribution in [0.1, 0.15) is 26.2 Å². The Morgan fingerprint density at radius 1 is 1.60 bits per heavy atom. The monoisotopic (exact) mass is 214 g/mol. The topological polar surface area (TPSA) is 62.9 Å². The number of hydrogen-bond donors (Lipinski definition) is 2. The van der Waals surface area contributed by atoms with Crippen molar-refractivity contribution in [3.05, 3.63) is 0 Å². The lowest BCUT2D eigenvalue weighted by Crippen LogP contribution is -2.46. The molecule has 0 unspecified atom stereocenters. The smallest absolute Gasteiger partial charge is 0.208 e. The second kappa shape index (κ2) is 6.63. The van der Waals surface area contributed by atoms with Gasteiger partial charge in [-0.3, -0.25) is 10.4 Å². The molecule has 0 heterocycles. The molecule has 1 rings (SSSR count). The molecule has 0 spiro atoms. The molecule has 5 heteroatoms. The van der Waals surface area contributed by atoms with Crippen molar-refractivity contribution >= 4 is 5.96 Å². The van der Waals surface area contributed by atoms with Crippen LogP contribution in [0, 0.1) is 0 Å². The highest BCUT2D eigenvalue weighted by Gasteiger charge is 2.29. The fraction of sp³-hybridized carbons (Fsp3) is 0.900. The lowest BCUT2D eigenvalue weighted by molar-refractivity contribution is 0.197. The molecule has 88 valence electrons. The van der Waals surface area contributed by atoms with Gasteiger partial charge in [0.05, 0.1) is 0 Å². The van der Waals surface area contributed by atoms with Crippen molar-refractivity contribution < 1.29 is 4.74 Å². The molecule has 1 fully saturated rings. The van der Waals surface area contributed by atoms with Crippen LogP contribution in [-0.4, -0.2) is 43.7 Å². The summed E-state index contributed by atoms with van der Waals surface area (Å²) in [4.78, 5) is 6.67. The fourth-order valence-corrected chi connectivity index (χ4v) is 1.58. The van der Waals surface area contributed by atoms with E-state index in [9.17, 15) is 0 Å². The van der Waals surface area contributed by atoms with Gasteiger partial charge in [-0.15, -0.1) is 0 Å². The molecule has 1 aliphatic rings. The van der Waals surface area contributed by atoms with Crippen LogP contribution in [0.25, 0.3) is 0 Å². The molecule has 0 aromatic heterocycles. The van der Waals surface area contributed by atoms with Crippen molar-refractivity contribution in [3.8, 4) is 0 Å². The van der Waals surface area contributed by atoms with Crippen LogP contribution >= 0.6 is 0 Å². The van der Waals surface area contributed by atoms with Gasteiger partial charge in [0.15, 0.2) is 0 Å². The normalized spacial score (nSPS) is 16.6. The molecule has 15 heavy (non-hydrogen) atoms. The minimum atomic E-state index is 0.646. The van der Waals surface area contributed by atoms with Crippen LogP contribution in [0.3, 0.4) is 0 Å². The van der Waals surface area contributed by atoms with Gasteiger partial charge in [-0.05, 0) is 26.2 Å². The zero-order chi connectivity index (χ0) is 11.1. The number of methoxy groups -OCH3 is 1. The van der Waals surface area contributed by atoms with Gasteiger partial charge in [0, 0.05) is 32.8 Å². The predicted octanol–water partition coefficient (Wildman–Crippen LogP) is 0.327. The Balaban J connectivity index is 2.37. The number of aliphatic imine (C=N–C) groups is 1. The summed E-state index contributed by atoms with van der Waals surface area (Å²) in [7, 11) is 1.70. The molecule has 0 aliphatic heterocycles. The summed E-state index contributed by atoms with van der Waals surface area (Å²) in [5, 5.41) is 0. The minimum Gasteiger partial charge on any atom is -0.385 e. The minimum absolute atomic E-state index is 0.646. The first-order valence-electron chi connectivity index (χ1n) is 5.60. The average Bonchev–Trinajstić information content (AvgIpc) is 3.06. The van der Waals surface area contributed by atoms with E-state index in [0.29, 0.717) is 6.04 Å². The number of ether oxygens (including phenoxy) is 1. The summed E-state index contributed by atoms with van der Waals surface area (Å²) in [6.07, 6.45) is 3.45. The van der Waals surface area contributed by atoms with Crippen LogP contribution in [0.5, 0.6) is 0 Å². The predicted molar refractivity (Wildman–Crippen MR) is 61.5 cm³/mol. The number of hydrazine groups is 1. The molecule has 0 amide bonds. The Bertz CT molecular complexity index is 204. The van der Waals surface area contributed by atoms with E-state index in [1.807, 2.05) is 0 Å². The summed E-state index contributed by atoms with van der Waals surface area (Å²) in [6, 6.07) is 0.646. The third-order valence-electron chi connectivity index (χ3n) is 2.50. The Morgan fingerprint density at radius 3 is 2.80 bits per heavy atom. The van der Waals surface area contributed by atoms with E-state index in [2.05, 4.69) is 22.2 Å². The van der Waals surface area contributed by atoms with Crippen LogP contribution in [0.15, 0.2) is 4.99 Å². The Kier molecular flexibility index (Phi) is 5.42.